The second-order valence-electron chi connectivity index (χ2n) is 10.1. The molecule has 0 saturated heterocycles. The lowest BCUT2D eigenvalue weighted by molar-refractivity contribution is 0.104. The summed E-state index contributed by atoms with van der Waals surface area (Å²) >= 11 is 1.83. The van der Waals surface area contributed by atoms with E-state index in [0.717, 1.165) is 42.1 Å². The van der Waals surface area contributed by atoms with E-state index in [4.69, 9.17) is 4.74 Å². The summed E-state index contributed by atoms with van der Waals surface area (Å²) in [6.07, 6.45) is 23.8. The third-order valence-corrected chi connectivity index (χ3v) is 7.90. The van der Waals surface area contributed by atoms with E-state index in [1.807, 2.05) is 66.4 Å². The van der Waals surface area contributed by atoms with E-state index in [-0.39, 0.29) is 5.78 Å². The van der Waals surface area contributed by atoms with Crippen molar-refractivity contribution in [1.29, 1.82) is 0 Å². The lowest BCUT2D eigenvalue weighted by atomic mass is 10.0. The smallest absolute Gasteiger partial charge is 0.185 e. The van der Waals surface area contributed by atoms with Crippen LogP contribution in [0, 0.1) is 0 Å². The van der Waals surface area contributed by atoms with E-state index in [1.54, 1.807) is 6.08 Å². The number of ketones is 1. The van der Waals surface area contributed by atoms with Gasteiger partial charge in [-0.1, -0.05) is 116 Å². The average molecular weight is 523 g/mol. The number of hydrogen-bond acceptors (Lipinski definition) is 3. The third kappa shape index (κ3) is 15.1. The first kappa shape index (κ1) is 31.2. The predicted molar refractivity (Wildman–Crippen MR) is 163 cm³/mol. The fourth-order valence-corrected chi connectivity index (χ4v) is 5.13. The van der Waals surface area contributed by atoms with Crippen molar-refractivity contribution in [3.8, 4) is 5.75 Å². The minimum absolute atomic E-state index is 0.0326. The Bertz CT molecular complexity index is 854. The Kier molecular flexibility index (Phi) is 17.7. The lowest BCUT2D eigenvalue weighted by Gasteiger charge is -2.07. The van der Waals surface area contributed by atoms with Gasteiger partial charge in [-0.3, -0.25) is 4.79 Å². The number of unbranched alkanes of at least 4 members (excludes halogenated alkanes) is 13. The van der Waals surface area contributed by atoms with Gasteiger partial charge in [-0.25, -0.2) is 0 Å². The highest BCUT2D eigenvalue weighted by Crippen LogP contribution is 2.20. The Morgan fingerprint density at radius 2 is 1.22 bits per heavy atom. The lowest BCUT2D eigenvalue weighted by Crippen LogP contribution is -1.97. The Morgan fingerprint density at radius 1 is 0.676 bits per heavy atom. The van der Waals surface area contributed by atoms with Gasteiger partial charge in [-0.05, 0) is 66.6 Å². The fourth-order valence-electron chi connectivity index (χ4n) is 4.37. The molecule has 0 fully saturated rings. The predicted octanol–water partition coefficient (Wildman–Crippen LogP) is 10.9. The largest absolute Gasteiger partial charge is 0.494 e. The molecule has 0 bridgehead atoms. The molecule has 2 aromatic rings. The Balaban J connectivity index is 1.50. The molecule has 0 amide bonds. The third-order valence-electron chi connectivity index (χ3n) is 6.69. The molecule has 2 aromatic carbocycles. The van der Waals surface area contributed by atoms with E-state index < -0.39 is 0 Å². The molecule has 0 N–H and O–H groups in total. The summed E-state index contributed by atoms with van der Waals surface area (Å²) in [5.74, 6) is 2.04. The van der Waals surface area contributed by atoms with Gasteiger partial charge in [0.1, 0.15) is 5.75 Å². The molecule has 0 aliphatic heterocycles. The zero-order valence-electron chi connectivity index (χ0n) is 23.5. The number of thioether (sulfide) groups is 1. The number of benzene rings is 2. The van der Waals surface area contributed by atoms with Crippen molar-refractivity contribution in [2.24, 2.45) is 0 Å². The zero-order valence-corrected chi connectivity index (χ0v) is 24.3. The van der Waals surface area contributed by atoms with Gasteiger partial charge in [0.15, 0.2) is 5.78 Å². The van der Waals surface area contributed by atoms with Crippen LogP contribution in [-0.4, -0.2) is 18.1 Å². The van der Waals surface area contributed by atoms with Gasteiger partial charge < -0.3 is 4.74 Å². The van der Waals surface area contributed by atoms with Gasteiger partial charge in [0.05, 0.1) is 6.61 Å². The maximum absolute atomic E-state index is 12.5. The van der Waals surface area contributed by atoms with Crippen LogP contribution in [0.15, 0.2) is 59.5 Å². The summed E-state index contributed by atoms with van der Waals surface area (Å²) < 4.78 is 5.91. The number of rotatable bonds is 22. The van der Waals surface area contributed by atoms with Gasteiger partial charge in [0.25, 0.3) is 0 Å². The van der Waals surface area contributed by atoms with Crippen molar-refractivity contribution in [2.75, 3.05) is 12.4 Å². The summed E-state index contributed by atoms with van der Waals surface area (Å²) in [6.45, 7) is 5.24. The summed E-state index contributed by atoms with van der Waals surface area (Å²) in [5, 5.41) is 0. The molecule has 0 saturated carbocycles. The molecule has 0 atom stereocenters. The Labute approximate surface area is 231 Å². The van der Waals surface area contributed by atoms with Crippen LogP contribution in [0.4, 0.5) is 0 Å². The first-order chi connectivity index (χ1) is 18.2. The van der Waals surface area contributed by atoms with Crippen molar-refractivity contribution < 1.29 is 9.53 Å². The normalized spacial score (nSPS) is 11.3. The summed E-state index contributed by atoms with van der Waals surface area (Å²) in [4.78, 5) is 13.7. The van der Waals surface area contributed by atoms with Gasteiger partial charge >= 0.3 is 0 Å². The molecule has 0 aromatic heterocycles. The van der Waals surface area contributed by atoms with Crippen molar-refractivity contribution >= 4 is 23.6 Å². The van der Waals surface area contributed by atoms with Gasteiger partial charge in [-0.2, -0.15) is 0 Å². The minimum Gasteiger partial charge on any atom is -0.494 e. The van der Waals surface area contributed by atoms with Crippen molar-refractivity contribution in [3.63, 3.8) is 0 Å². The van der Waals surface area contributed by atoms with E-state index in [1.165, 1.54) is 88.4 Å². The molecular formula is C34H50O2S. The maximum Gasteiger partial charge on any atom is 0.185 e. The first-order valence-electron chi connectivity index (χ1n) is 14.9. The highest BCUT2D eigenvalue weighted by atomic mass is 32.2. The molecule has 3 heteroatoms. The number of carbonyl (C=O) groups excluding carboxylic acids is 1. The van der Waals surface area contributed by atoms with Gasteiger partial charge in [0, 0.05) is 10.5 Å². The zero-order chi connectivity index (χ0) is 26.4. The molecule has 0 aliphatic carbocycles. The molecule has 0 spiro atoms. The van der Waals surface area contributed by atoms with Gasteiger partial charge in [0.2, 0.25) is 0 Å². The maximum atomic E-state index is 12.5. The quantitative estimate of drug-likeness (QED) is 0.0665. The highest BCUT2D eigenvalue weighted by molar-refractivity contribution is 7.99. The highest BCUT2D eigenvalue weighted by Gasteiger charge is 2.02. The van der Waals surface area contributed by atoms with E-state index in [9.17, 15) is 4.79 Å². The Morgan fingerprint density at radius 3 is 1.76 bits per heavy atom. The molecule has 0 unspecified atom stereocenters. The monoisotopic (exact) mass is 522 g/mol. The van der Waals surface area contributed by atoms with Crippen molar-refractivity contribution in [2.45, 2.75) is 115 Å². The van der Waals surface area contributed by atoms with Gasteiger partial charge in [-0.15, -0.1) is 11.8 Å². The summed E-state index contributed by atoms with van der Waals surface area (Å²) in [5.41, 5.74) is 1.73. The molecule has 0 aliphatic rings. The van der Waals surface area contributed by atoms with Crippen LogP contribution in [0.3, 0.4) is 0 Å². The van der Waals surface area contributed by atoms with Crippen LogP contribution in [-0.2, 0) is 0 Å². The van der Waals surface area contributed by atoms with E-state index in [2.05, 4.69) is 13.8 Å². The van der Waals surface area contributed by atoms with Crippen LogP contribution in [0.2, 0.25) is 0 Å². The number of hydrogen-bond donors (Lipinski definition) is 0. The van der Waals surface area contributed by atoms with Crippen LogP contribution in [0.5, 0.6) is 5.75 Å². The summed E-state index contributed by atoms with van der Waals surface area (Å²) in [7, 11) is 0. The molecule has 2 nitrogen and oxygen atoms in total. The Hall–Kier alpha value is -2.00. The fraction of sp³-hybridized carbons (Fsp3) is 0.559. The van der Waals surface area contributed by atoms with E-state index in [0.29, 0.717) is 0 Å². The molecular weight excluding hydrogens is 472 g/mol. The molecule has 0 radical (unpaired) electrons. The number of allylic oxidation sites excluding steroid dienone is 1. The van der Waals surface area contributed by atoms with Crippen molar-refractivity contribution in [3.05, 3.63) is 65.7 Å². The van der Waals surface area contributed by atoms with Crippen LogP contribution in [0.1, 0.15) is 126 Å². The standard InChI is InChI=1S/C34H50O2S/c1-3-5-6-7-8-9-10-11-12-13-14-15-16-17-28-36-32-23-18-30(19-24-32)20-27-34(35)31-21-25-33(26-22-31)37-29-4-2/h18-27H,3-17,28-29H2,1-2H3. The van der Waals surface area contributed by atoms with Crippen LogP contribution < -0.4 is 4.74 Å². The average Bonchev–Trinajstić information content (AvgIpc) is 2.93. The van der Waals surface area contributed by atoms with Crippen LogP contribution >= 0.6 is 11.8 Å². The SMILES string of the molecule is CCCCCCCCCCCCCCCCOc1ccc(C=CC(=O)c2ccc(SCCC)cc2)cc1. The molecule has 0 heterocycles. The van der Waals surface area contributed by atoms with E-state index >= 15 is 0 Å². The molecule has 204 valence electrons. The van der Waals surface area contributed by atoms with Crippen LogP contribution in [0.25, 0.3) is 6.08 Å². The van der Waals surface area contributed by atoms with Crippen molar-refractivity contribution in [1.82, 2.24) is 0 Å². The molecule has 2 rings (SSSR count). The first-order valence-corrected chi connectivity index (χ1v) is 15.9. The number of carbonyl (C=O) groups is 1. The number of ether oxygens (including phenoxy) is 1. The molecule has 37 heavy (non-hydrogen) atoms. The topological polar surface area (TPSA) is 26.3 Å². The second-order valence-corrected chi connectivity index (χ2v) is 11.3. The summed E-state index contributed by atoms with van der Waals surface area (Å²) in [6, 6.07) is 15.9. The minimum atomic E-state index is 0.0326. The second kappa shape index (κ2) is 21.0.